The van der Waals surface area contributed by atoms with Gasteiger partial charge in [-0.3, -0.25) is 4.79 Å². The average Bonchev–Trinajstić information content (AvgIpc) is 2.59. The Bertz CT molecular complexity index is 878. The van der Waals surface area contributed by atoms with Crippen LogP contribution >= 0.6 is 0 Å². The number of carbonyl (C=O) groups is 2. The molecule has 0 aromatic heterocycles. The monoisotopic (exact) mass is 335 g/mol. The normalized spacial score (nSPS) is 10.7. The number of hydrogen-bond donors (Lipinski definition) is 3. The number of carboxylic acid groups (broad SMARTS) is 1. The van der Waals surface area contributed by atoms with E-state index >= 15 is 0 Å². The fraction of sp³-hybridized carbons (Fsp3) is 0.105. The summed E-state index contributed by atoms with van der Waals surface area (Å²) in [4.78, 5) is 23.0. The van der Waals surface area contributed by atoms with Crippen LogP contribution in [0.4, 0.5) is 11.4 Å². The van der Waals surface area contributed by atoms with E-state index in [0.717, 1.165) is 16.8 Å². The Balaban J connectivity index is 2.11. The second-order valence-electron chi connectivity index (χ2n) is 5.40. The van der Waals surface area contributed by atoms with Crippen LogP contribution in [0.3, 0.4) is 0 Å². The summed E-state index contributed by atoms with van der Waals surface area (Å²) < 4.78 is 0. The molecule has 0 spiro atoms. The molecule has 6 heteroatoms. The average molecular weight is 335 g/mol. The zero-order valence-electron chi connectivity index (χ0n) is 13.8. The predicted molar refractivity (Wildman–Crippen MR) is 95.3 cm³/mol. The number of amides is 1. The van der Waals surface area contributed by atoms with Gasteiger partial charge in [-0.05, 0) is 55.3 Å². The maximum atomic E-state index is 12.2. The second-order valence-corrected chi connectivity index (χ2v) is 5.40. The lowest BCUT2D eigenvalue weighted by Gasteiger charge is -2.09. The Labute approximate surface area is 145 Å². The fourth-order valence-corrected chi connectivity index (χ4v) is 2.10. The third kappa shape index (κ3) is 4.45. The van der Waals surface area contributed by atoms with Crippen molar-refractivity contribution in [1.29, 1.82) is 5.26 Å². The predicted octanol–water partition coefficient (Wildman–Crippen LogP) is 3.46. The first-order valence-corrected chi connectivity index (χ1v) is 7.50. The van der Waals surface area contributed by atoms with Gasteiger partial charge in [0.1, 0.15) is 11.6 Å². The minimum atomic E-state index is -1.05. The molecule has 0 atom stereocenters. The van der Waals surface area contributed by atoms with Crippen LogP contribution in [0.2, 0.25) is 0 Å². The number of carboxylic acids is 1. The number of nitriles is 1. The minimum absolute atomic E-state index is 0.0942. The number of aromatic carboxylic acids is 1. The van der Waals surface area contributed by atoms with Crippen LogP contribution in [0, 0.1) is 25.2 Å². The highest BCUT2D eigenvalue weighted by atomic mass is 16.4. The molecule has 0 aliphatic carbocycles. The summed E-state index contributed by atoms with van der Waals surface area (Å²) in [5.74, 6) is -1.63. The van der Waals surface area contributed by atoms with Gasteiger partial charge < -0.3 is 15.7 Å². The van der Waals surface area contributed by atoms with Gasteiger partial charge in [0.25, 0.3) is 5.91 Å². The van der Waals surface area contributed by atoms with Gasteiger partial charge in [0.05, 0.1) is 5.56 Å². The lowest BCUT2D eigenvalue weighted by Crippen LogP contribution is -2.14. The molecule has 6 nitrogen and oxygen atoms in total. The molecule has 3 N–H and O–H groups in total. The topological polar surface area (TPSA) is 102 Å². The van der Waals surface area contributed by atoms with Gasteiger partial charge in [-0.1, -0.05) is 12.1 Å². The fourth-order valence-electron chi connectivity index (χ4n) is 2.10. The molecule has 126 valence electrons. The number of benzene rings is 2. The first kappa shape index (κ1) is 17.8. The molecule has 0 fully saturated rings. The van der Waals surface area contributed by atoms with Gasteiger partial charge in [0, 0.05) is 17.6 Å². The van der Waals surface area contributed by atoms with Crippen LogP contribution in [-0.4, -0.2) is 17.0 Å². The first-order valence-electron chi connectivity index (χ1n) is 7.50. The van der Waals surface area contributed by atoms with E-state index in [2.05, 4.69) is 10.6 Å². The molecule has 2 aromatic rings. The van der Waals surface area contributed by atoms with E-state index in [1.807, 2.05) is 38.1 Å². The Kier molecular flexibility index (Phi) is 5.54. The Morgan fingerprint density at radius 3 is 2.40 bits per heavy atom. The number of anilines is 2. The van der Waals surface area contributed by atoms with E-state index in [9.17, 15) is 14.9 Å². The van der Waals surface area contributed by atoms with E-state index < -0.39 is 11.9 Å². The summed E-state index contributed by atoms with van der Waals surface area (Å²) in [5.41, 5.74) is 3.36. The minimum Gasteiger partial charge on any atom is -0.478 e. The van der Waals surface area contributed by atoms with Crippen molar-refractivity contribution >= 4 is 23.3 Å². The van der Waals surface area contributed by atoms with Crippen molar-refractivity contribution < 1.29 is 14.7 Å². The van der Waals surface area contributed by atoms with Gasteiger partial charge in [-0.15, -0.1) is 0 Å². The highest BCUT2D eigenvalue weighted by Crippen LogP contribution is 2.18. The smallest absolute Gasteiger partial charge is 0.335 e. The molecule has 2 rings (SSSR count). The maximum absolute atomic E-state index is 12.2. The SMILES string of the molecule is Cc1cccc(N/C=C(/C#N)C(=O)Nc2ccc(C(=O)O)cc2)c1C. The molecule has 1 amide bonds. The molecular weight excluding hydrogens is 318 g/mol. The summed E-state index contributed by atoms with van der Waals surface area (Å²) in [5, 5.41) is 23.6. The third-order valence-corrected chi connectivity index (χ3v) is 3.73. The van der Waals surface area contributed by atoms with Gasteiger partial charge in [0.15, 0.2) is 0 Å². The van der Waals surface area contributed by atoms with Crippen LogP contribution in [0.1, 0.15) is 21.5 Å². The summed E-state index contributed by atoms with van der Waals surface area (Å²) >= 11 is 0. The highest BCUT2D eigenvalue weighted by Gasteiger charge is 2.10. The maximum Gasteiger partial charge on any atom is 0.335 e. The molecule has 0 unspecified atom stereocenters. The summed E-state index contributed by atoms with van der Waals surface area (Å²) in [7, 11) is 0. The zero-order chi connectivity index (χ0) is 18.4. The van der Waals surface area contributed by atoms with Crippen molar-refractivity contribution in [2.24, 2.45) is 0 Å². The Morgan fingerprint density at radius 2 is 1.80 bits per heavy atom. The molecule has 25 heavy (non-hydrogen) atoms. The summed E-state index contributed by atoms with van der Waals surface area (Å²) in [6, 6.07) is 13.3. The van der Waals surface area contributed by atoms with Gasteiger partial charge in [-0.25, -0.2) is 4.79 Å². The van der Waals surface area contributed by atoms with Crippen molar-refractivity contribution in [2.75, 3.05) is 10.6 Å². The van der Waals surface area contributed by atoms with Crippen molar-refractivity contribution in [2.45, 2.75) is 13.8 Å². The van der Waals surface area contributed by atoms with Crippen molar-refractivity contribution in [3.05, 3.63) is 70.9 Å². The van der Waals surface area contributed by atoms with Crippen molar-refractivity contribution in [3.8, 4) is 6.07 Å². The lowest BCUT2D eigenvalue weighted by molar-refractivity contribution is -0.112. The van der Waals surface area contributed by atoms with Crippen molar-refractivity contribution in [1.82, 2.24) is 0 Å². The third-order valence-electron chi connectivity index (χ3n) is 3.73. The Hall–Kier alpha value is -3.59. The number of rotatable bonds is 5. The highest BCUT2D eigenvalue weighted by molar-refractivity contribution is 6.06. The lowest BCUT2D eigenvalue weighted by atomic mass is 10.1. The Morgan fingerprint density at radius 1 is 1.12 bits per heavy atom. The largest absolute Gasteiger partial charge is 0.478 e. The van der Waals surface area contributed by atoms with Crippen molar-refractivity contribution in [3.63, 3.8) is 0 Å². The number of carbonyl (C=O) groups excluding carboxylic acids is 1. The van der Waals surface area contributed by atoms with E-state index in [4.69, 9.17) is 5.11 Å². The van der Waals surface area contributed by atoms with E-state index in [1.165, 1.54) is 30.5 Å². The van der Waals surface area contributed by atoms with Gasteiger partial charge in [-0.2, -0.15) is 5.26 Å². The van der Waals surface area contributed by atoms with Gasteiger partial charge in [0.2, 0.25) is 0 Å². The quantitative estimate of drug-likeness (QED) is 0.573. The first-order chi connectivity index (χ1) is 11.9. The second kappa shape index (κ2) is 7.79. The van der Waals surface area contributed by atoms with Crippen LogP contribution < -0.4 is 10.6 Å². The molecule has 0 saturated carbocycles. The number of hydrogen-bond acceptors (Lipinski definition) is 4. The standard InChI is InChI=1S/C19H17N3O3/c1-12-4-3-5-17(13(12)2)21-11-15(10-20)18(23)22-16-8-6-14(7-9-16)19(24)25/h3-9,11,21H,1-2H3,(H,22,23)(H,24,25)/b15-11-. The zero-order valence-corrected chi connectivity index (χ0v) is 13.8. The van der Waals surface area contributed by atoms with Crippen LogP contribution in [0.5, 0.6) is 0 Å². The number of nitrogens with zero attached hydrogens (tertiary/aromatic N) is 1. The molecular formula is C19H17N3O3. The molecule has 0 aliphatic rings. The number of nitrogens with one attached hydrogen (secondary N) is 2. The molecule has 0 aliphatic heterocycles. The van der Waals surface area contributed by atoms with E-state index in [1.54, 1.807) is 0 Å². The summed E-state index contributed by atoms with van der Waals surface area (Å²) in [6.45, 7) is 3.92. The van der Waals surface area contributed by atoms with Crippen LogP contribution in [0.25, 0.3) is 0 Å². The summed E-state index contributed by atoms with van der Waals surface area (Å²) in [6.07, 6.45) is 1.35. The molecule has 0 bridgehead atoms. The molecule has 2 aromatic carbocycles. The van der Waals surface area contributed by atoms with Crippen LogP contribution in [-0.2, 0) is 4.79 Å². The van der Waals surface area contributed by atoms with Crippen LogP contribution in [0.15, 0.2) is 54.2 Å². The van der Waals surface area contributed by atoms with Gasteiger partial charge >= 0.3 is 5.97 Å². The number of aryl methyl sites for hydroxylation is 1. The molecule has 0 heterocycles. The molecule has 0 radical (unpaired) electrons. The molecule has 0 saturated heterocycles. The van der Waals surface area contributed by atoms with E-state index in [0.29, 0.717) is 5.69 Å². The van der Waals surface area contributed by atoms with E-state index in [-0.39, 0.29) is 11.1 Å².